The van der Waals surface area contributed by atoms with Crippen LogP contribution in [-0.4, -0.2) is 60.2 Å². The number of hydrogen-bond donors (Lipinski definition) is 0. The Morgan fingerprint density at radius 3 is 2.54 bits per heavy atom. The first-order valence-corrected chi connectivity index (χ1v) is 10.6. The highest BCUT2D eigenvalue weighted by atomic mass is 35.5. The molecule has 0 radical (unpaired) electrons. The molecule has 2 fully saturated rings. The van der Waals surface area contributed by atoms with E-state index in [2.05, 4.69) is 14.2 Å². The molecule has 7 heteroatoms. The molecule has 0 aliphatic carbocycles. The van der Waals surface area contributed by atoms with E-state index >= 15 is 0 Å². The summed E-state index contributed by atoms with van der Waals surface area (Å²) in [5.41, 5.74) is 1.02. The molecule has 1 aromatic heterocycles. The van der Waals surface area contributed by atoms with Gasteiger partial charge in [-0.25, -0.2) is 0 Å². The van der Waals surface area contributed by atoms with Crippen molar-refractivity contribution in [2.45, 2.75) is 19.3 Å². The largest absolute Gasteiger partial charge is 0.381 e. The molecule has 2 saturated heterocycles. The van der Waals surface area contributed by atoms with Crippen LogP contribution in [0.5, 0.6) is 0 Å². The standard InChI is InChI=1S/C19H25ClN4OS/c20-17-3-1-16(2-4-17)18-21-19(26-22-18)24-11-9-23(10-12-24)8-5-15-6-13-25-14-7-15/h1-4,15H,5-14H2. The number of anilines is 1. The van der Waals surface area contributed by atoms with E-state index in [1.165, 1.54) is 37.3 Å². The Hall–Kier alpha value is -1.21. The molecule has 0 atom stereocenters. The second-order valence-electron chi connectivity index (χ2n) is 7.08. The molecule has 4 rings (SSSR count). The summed E-state index contributed by atoms with van der Waals surface area (Å²) in [5.74, 6) is 1.65. The SMILES string of the molecule is Clc1ccc(-c2nsc(N3CCN(CCC4CCOCC4)CC3)n2)cc1. The van der Waals surface area contributed by atoms with E-state index in [0.717, 1.165) is 66.9 Å². The van der Waals surface area contributed by atoms with E-state index < -0.39 is 0 Å². The van der Waals surface area contributed by atoms with Gasteiger partial charge in [-0.3, -0.25) is 4.90 Å². The third-order valence-electron chi connectivity index (χ3n) is 5.35. The maximum absolute atomic E-state index is 5.96. The summed E-state index contributed by atoms with van der Waals surface area (Å²) in [5, 5.41) is 1.76. The summed E-state index contributed by atoms with van der Waals surface area (Å²) in [7, 11) is 0. The number of nitrogens with zero attached hydrogens (tertiary/aromatic N) is 4. The quantitative estimate of drug-likeness (QED) is 0.774. The van der Waals surface area contributed by atoms with E-state index in [4.69, 9.17) is 21.3 Å². The second-order valence-corrected chi connectivity index (χ2v) is 8.25. The van der Waals surface area contributed by atoms with E-state index in [0.29, 0.717) is 0 Å². The van der Waals surface area contributed by atoms with E-state index in [1.807, 2.05) is 24.3 Å². The molecular weight excluding hydrogens is 368 g/mol. The van der Waals surface area contributed by atoms with Crippen LogP contribution in [0.15, 0.2) is 24.3 Å². The molecule has 2 aromatic rings. The molecule has 1 aromatic carbocycles. The van der Waals surface area contributed by atoms with E-state index in [9.17, 15) is 0 Å². The lowest BCUT2D eigenvalue weighted by atomic mass is 9.96. The van der Waals surface area contributed by atoms with Gasteiger partial charge in [-0.1, -0.05) is 11.6 Å². The van der Waals surface area contributed by atoms with E-state index in [-0.39, 0.29) is 0 Å². The average Bonchev–Trinajstić information content (AvgIpc) is 3.18. The maximum Gasteiger partial charge on any atom is 0.205 e. The molecule has 5 nitrogen and oxygen atoms in total. The summed E-state index contributed by atoms with van der Waals surface area (Å²) in [6, 6.07) is 7.72. The lowest BCUT2D eigenvalue weighted by Crippen LogP contribution is -2.47. The van der Waals surface area contributed by atoms with Gasteiger partial charge in [0.1, 0.15) is 0 Å². The zero-order valence-electron chi connectivity index (χ0n) is 14.9. The molecule has 0 N–H and O–H groups in total. The minimum atomic E-state index is 0.737. The van der Waals surface area contributed by atoms with Crippen LogP contribution in [0, 0.1) is 5.92 Å². The minimum absolute atomic E-state index is 0.737. The highest BCUT2D eigenvalue weighted by molar-refractivity contribution is 7.09. The molecule has 140 valence electrons. The van der Waals surface area contributed by atoms with Crippen molar-refractivity contribution in [2.75, 3.05) is 50.8 Å². The molecule has 0 unspecified atom stereocenters. The van der Waals surface area contributed by atoms with Crippen molar-refractivity contribution in [3.8, 4) is 11.4 Å². The molecule has 0 saturated carbocycles. The van der Waals surface area contributed by atoms with Crippen LogP contribution in [-0.2, 0) is 4.74 Å². The highest BCUT2D eigenvalue weighted by Gasteiger charge is 2.21. The van der Waals surface area contributed by atoms with Crippen LogP contribution in [0.2, 0.25) is 5.02 Å². The molecule has 3 heterocycles. The third-order valence-corrected chi connectivity index (χ3v) is 6.38. The summed E-state index contributed by atoms with van der Waals surface area (Å²) in [6.45, 7) is 7.39. The van der Waals surface area contributed by atoms with Crippen LogP contribution < -0.4 is 4.90 Å². The fourth-order valence-electron chi connectivity index (χ4n) is 3.62. The molecule has 0 amide bonds. The van der Waals surface area contributed by atoms with Crippen molar-refractivity contribution >= 4 is 28.3 Å². The van der Waals surface area contributed by atoms with Gasteiger partial charge in [-0.15, -0.1) is 0 Å². The van der Waals surface area contributed by atoms with E-state index in [1.54, 1.807) is 0 Å². The molecule has 2 aliphatic rings. The zero-order chi connectivity index (χ0) is 17.8. The van der Waals surface area contributed by atoms with Gasteiger partial charge < -0.3 is 9.64 Å². The van der Waals surface area contributed by atoms with Gasteiger partial charge in [-0.05, 0) is 56.0 Å². The Morgan fingerprint density at radius 1 is 1.08 bits per heavy atom. The van der Waals surface area contributed by atoms with Crippen molar-refractivity contribution in [1.29, 1.82) is 0 Å². The molecule has 0 spiro atoms. The number of halogens is 1. The number of rotatable bonds is 5. The van der Waals surface area contributed by atoms with Crippen molar-refractivity contribution in [2.24, 2.45) is 5.92 Å². The van der Waals surface area contributed by atoms with Crippen molar-refractivity contribution in [3.05, 3.63) is 29.3 Å². The zero-order valence-corrected chi connectivity index (χ0v) is 16.5. The molecule has 26 heavy (non-hydrogen) atoms. The Morgan fingerprint density at radius 2 is 1.81 bits per heavy atom. The van der Waals surface area contributed by atoms with Crippen molar-refractivity contribution in [1.82, 2.24) is 14.3 Å². The maximum atomic E-state index is 5.96. The Bertz CT molecular complexity index is 694. The average molecular weight is 393 g/mol. The topological polar surface area (TPSA) is 41.5 Å². The summed E-state index contributed by atoms with van der Waals surface area (Å²) in [4.78, 5) is 9.69. The summed E-state index contributed by atoms with van der Waals surface area (Å²) >= 11 is 7.45. The summed E-state index contributed by atoms with van der Waals surface area (Å²) in [6.07, 6.45) is 3.78. The number of piperazine rings is 1. The van der Waals surface area contributed by atoms with Gasteiger partial charge >= 0.3 is 0 Å². The number of benzene rings is 1. The van der Waals surface area contributed by atoms with Crippen molar-refractivity contribution < 1.29 is 4.74 Å². The smallest absolute Gasteiger partial charge is 0.205 e. The second kappa shape index (κ2) is 8.65. The van der Waals surface area contributed by atoms with Crippen LogP contribution in [0.25, 0.3) is 11.4 Å². The Balaban J connectivity index is 1.27. The number of aromatic nitrogens is 2. The van der Waals surface area contributed by atoms with Gasteiger partial charge in [0, 0.05) is 61.5 Å². The third kappa shape index (κ3) is 4.55. The first-order chi connectivity index (χ1) is 12.8. The highest BCUT2D eigenvalue weighted by Crippen LogP contribution is 2.26. The van der Waals surface area contributed by atoms with Gasteiger partial charge in [0.25, 0.3) is 0 Å². The predicted octanol–water partition coefficient (Wildman–Crippen LogP) is 3.80. The Kier molecular flexibility index (Phi) is 6.05. The van der Waals surface area contributed by atoms with Crippen LogP contribution in [0.1, 0.15) is 19.3 Å². The molecular formula is C19H25ClN4OS. The fourth-order valence-corrected chi connectivity index (χ4v) is 4.49. The number of ether oxygens (including phenoxy) is 1. The van der Waals surface area contributed by atoms with Gasteiger partial charge in [0.15, 0.2) is 5.82 Å². The number of hydrogen-bond acceptors (Lipinski definition) is 6. The molecule has 2 aliphatic heterocycles. The Labute approximate surface area is 164 Å². The normalized spacial score (nSPS) is 19.8. The van der Waals surface area contributed by atoms with Gasteiger partial charge in [0.2, 0.25) is 5.13 Å². The first-order valence-electron chi connectivity index (χ1n) is 9.42. The predicted molar refractivity (Wildman–Crippen MR) is 107 cm³/mol. The van der Waals surface area contributed by atoms with Gasteiger partial charge in [0.05, 0.1) is 0 Å². The van der Waals surface area contributed by atoms with Crippen molar-refractivity contribution in [3.63, 3.8) is 0 Å². The lowest BCUT2D eigenvalue weighted by Gasteiger charge is -2.35. The first kappa shape index (κ1) is 18.2. The van der Waals surface area contributed by atoms with Crippen LogP contribution in [0.3, 0.4) is 0 Å². The van der Waals surface area contributed by atoms with Crippen LogP contribution in [0.4, 0.5) is 5.13 Å². The van der Waals surface area contributed by atoms with Gasteiger partial charge in [-0.2, -0.15) is 9.36 Å². The lowest BCUT2D eigenvalue weighted by molar-refractivity contribution is 0.0598. The minimum Gasteiger partial charge on any atom is -0.381 e. The molecule has 0 bridgehead atoms. The fraction of sp³-hybridized carbons (Fsp3) is 0.579. The summed E-state index contributed by atoms with van der Waals surface area (Å²) < 4.78 is 9.98. The monoisotopic (exact) mass is 392 g/mol. The van der Waals surface area contributed by atoms with Crippen LogP contribution >= 0.6 is 23.1 Å².